The number of fused-ring (bicyclic) bond motifs is 5. The van der Waals surface area contributed by atoms with Gasteiger partial charge >= 0.3 is 0 Å². The fourth-order valence-electron chi connectivity index (χ4n) is 2.79. The van der Waals surface area contributed by atoms with Crippen molar-refractivity contribution in [3.05, 3.63) is 42.0 Å². The normalized spacial score (nSPS) is 27.9. The molecule has 2 aromatic rings. The van der Waals surface area contributed by atoms with Gasteiger partial charge in [0.1, 0.15) is 18.1 Å². The Bertz CT molecular complexity index is 705. The van der Waals surface area contributed by atoms with Gasteiger partial charge in [0.15, 0.2) is 5.60 Å². The third kappa shape index (κ3) is 1.13. The van der Waals surface area contributed by atoms with Crippen LogP contribution >= 0.6 is 0 Å². The van der Waals surface area contributed by atoms with E-state index in [0.717, 1.165) is 16.7 Å². The van der Waals surface area contributed by atoms with Crippen LogP contribution in [0.2, 0.25) is 0 Å². The zero-order chi connectivity index (χ0) is 12.2. The molecule has 2 aliphatic heterocycles. The van der Waals surface area contributed by atoms with Gasteiger partial charge in [-0.15, -0.1) is 0 Å². The lowest BCUT2D eigenvalue weighted by Crippen LogP contribution is -2.37. The number of ether oxygens (including phenoxy) is 1. The fraction of sp³-hybridized carbons (Fsp3) is 0.200. The van der Waals surface area contributed by atoms with E-state index in [1.807, 2.05) is 25.3 Å². The molecule has 0 saturated heterocycles. The van der Waals surface area contributed by atoms with Gasteiger partial charge in [-0.05, 0) is 12.3 Å². The molecular formula is C15H12N2O. The molecule has 0 N–H and O–H groups in total. The third-order valence-corrected chi connectivity index (χ3v) is 3.68. The van der Waals surface area contributed by atoms with Gasteiger partial charge in [0.05, 0.1) is 6.21 Å². The molecule has 0 aliphatic carbocycles. The summed E-state index contributed by atoms with van der Waals surface area (Å²) < 4.78 is 6.15. The molecule has 2 atom stereocenters. The summed E-state index contributed by atoms with van der Waals surface area (Å²) in [6.07, 6.45) is 3.46. The number of aliphatic imine (C=N–C) groups is 2. The van der Waals surface area contributed by atoms with E-state index in [4.69, 9.17) is 4.74 Å². The SMILES string of the molecule is CC12C=NC=NC1c1ccc3ccccc3c1O2. The largest absolute Gasteiger partial charge is 0.478 e. The highest BCUT2D eigenvalue weighted by molar-refractivity contribution is 5.93. The molecule has 88 valence electrons. The zero-order valence-corrected chi connectivity index (χ0v) is 10.00. The molecule has 0 amide bonds. The highest BCUT2D eigenvalue weighted by atomic mass is 16.5. The molecule has 2 aliphatic rings. The van der Waals surface area contributed by atoms with Gasteiger partial charge < -0.3 is 4.74 Å². The van der Waals surface area contributed by atoms with E-state index in [1.54, 1.807) is 6.34 Å². The van der Waals surface area contributed by atoms with Crippen molar-refractivity contribution < 1.29 is 4.74 Å². The maximum atomic E-state index is 6.15. The van der Waals surface area contributed by atoms with E-state index in [2.05, 4.69) is 34.3 Å². The molecule has 0 spiro atoms. The summed E-state index contributed by atoms with van der Waals surface area (Å²) in [6, 6.07) is 12.5. The summed E-state index contributed by atoms with van der Waals surface area (Å²) in [6.45, 7) is 2.03. The standard InChI is InChI=1S/C15H12N2O/c1-15-8-16-9-17-14(15)12-7-6-10-4-2-3-5-11(10)13(12)18-15/h2-9,14H,1H3. The molecule has 2 aromatic carbocycles. The zero-order valence-electron chi connectivity index (χ0n) is 10.00. The van der Waals surface area contributed by atoms with E-state index >= 15 is 0 Å². The number of nitrogens with zero attached hydrogens (tertiary/aromatic N) is 2. The van der Waals surface area contributed by atoms with E-state index < -0.39 is 5.60 Å². The predicted molar refractivity (Wildman–Crippen MR) is 72.7 cm³/mol. The average molecular weight is 236 g/mol. The van der Waals surface area contributed by atoms with Crippen LogP contribution in [0.4, 0.5) is 0 Å². The maximum Gasteiger partial charge on any atom is 0.168 e. The summed E-state index contributed by atoms with van der Waals surface area (Å²) in [5, 5.41) is 2.34. The molecule has 4 rings (SSSR count). The third-order valence-electron chi connectivity index (χ3n) is 3.68. The van der Waals surface area contributed by atoms with E-state index in [-0.39, 0.29) is 6.04 Å². The highest BCUT2D eigenvalue weighted by Gasteiger charge is 2.45. The lowest BCUT2D eigenvalue weighted by atomic mass is 9.92. The Morgan fingerprint density at radius 3 is 3.00 bits per heavy atom. The van der Waals surface area contributed by atoms with Crippen molar-refractivity contribution in [1.82, 2.24) is 0 Å². The van der Waals surface area contributed by atoms with Gasteiger partial charge in [0.2, 0.25) is 0 Å². The number of rotatable bonds is 0. The van der Waals surface area contributed by atoms with Crippen molar-refractivity contribution >= 4 is 23.3 Å². The molecule has 0 bridgehead atoms. The van der Waals surface area contributed by atoms with Gasteiger partial charge in [-0.25, -0.2) is 4.99 Å². The first kappa shape index (κ1) is 9.83. The topological polar surface area (TPSA) is 34.0 Å². The van der Waals surface area contributed by atoms with Gasteiger partial charge in [0.25, 0.3) is 0 Å². The minimum atomic E-state index is -0.443. The summed E-state index contributed by atoms with van der Waals surface area (Å²) in [5.41, 5.74) is 0.708. The Balaban J connectivity index is 2.02. The average Bonchev–Trinajstić information content (AvgIpc) is 2.71. The van der Waals surface area contributed by atoms with Crippen LogP contribution in [0.1, 0.15) is 18.5 Å². The molecule has 2 heterocycles. The Labute approximate surface area is 105 Å². The van der Waals surface area contributed by atoms with E-state index in [1.165, 1.54) is 5.39 Å². The summed E-state index contributed by atoms with van der Waals surface area (Å²) in [5.74, 6) is 0.950. The second-order valence-electron chi connectivity index (χ2n) is 4.94. The van der Waals surface area contributed by atoms with Gasteiger partial charge in [-0.3, -0.25) is 4.99 Å². The lowest BCUT2D eigenvalue weighted by Gasteiger charge is -2.25. The molecule has 18 heavy (non-hydrogen) atoms. The maximum absolute atomic E-state index is 6.15. The van der Waals surface area contributed by atoms with E-state index in [0.29, 0.717) is 0 Å². The van der Waals surface area contributed by atoms with Gasteiger partial charge in [-0.1, -0.05) is 36.4 Å². The van der Waals surface area contributed by atoms with Crippen molar-refractivity contribution in [3.63, 3.8) is 0 Å². The Hall–Kier alpha value is -2.16. The Kier molecular flexibility index (Phi) is 1.74. The first-order valence-electron chi connectivity index (χ1n) is 6.05. The van der Waals surface area contributed by atoms with Crippen molar-refractivity contribution in [2.75, 3.05) is 0 Å². The van der Waals surface area contributed by atoms with Crippen LogP contribution in [0.15, 0.2) is 46.4 Å². The van der Waals surface area contributed by atoms with Crippen LogP contribution in [0.25, 0.3) is 10.8 Å². The monoisotopic (exact) mass is 236 g/mol. The first-order chi connectivity index (χ1) is 8.78. The molecule has 0 aromatic heterocycles. The van der Waals surface area contributed by atoms with Crippen LogP contribution in [-0.4, -0.2) is 18.2 Å². The van der Waals surface area contributed by atoms with Crippen molar-refractivity contribution in [1.29, 1.82) is 0 Å². The summed E-state index contributed by atoms with van der Waals surface area (Å²) in [4.78, 5) is 8.58. The molecule has 0 saturated carbocycles. The number of hydrogen-bond acceptors (Lipinski definition) is 3. The summed E-state index contributed by atoms with van der Waals surface area (Å²) in [7, 11) is 0. The van der Waals surface area contributed by atoms with Crippen LogP contribution < -0.4 is 4.74 Å². The molecular weight excluding hydrogens is 224 g/mol. The fourth-order valence-corrected chi connectivity index (χ4v) is 2.79. The molecule has 3 heteroatoms. The predicted octanol–water partition coefficient (Wildman–Crippen LogP) is 3.14. The lowest BCUT2D eigenvalue weighted by molar-refractivity contribution is 0.172. The van der Waals surface area contributed by atoms with Crippen molar-refractivity contribution in [2.45, 2.75) is 18.6 Å². The molecule has 0 fully saturated rings. The van der Waals surface area contributed by atoms with Crippen LogP contribution in [0.3, 0.4) is 0 Å². The number of benzene rings is 2. The first-order valence-corrected chi connectivity index (χ1v) is 6.05. The second-order valence-corrected chi connectivity index (χ2v) is 4.94. The minimum absolute atomic E-state index is 0.0228. The molecule has 0 radical (unpaired) electrons. The minimum Gasteiger partial charge on any atom is -0.478 e. The van der Waals surface area contributed by atoms with Crippen LogP contribution in [0.5, 0.6) is 5.75 Å². The molecule has 2 unspecified atom stereocenters. The second kappa shape index (κ2) is 3.19. The van der Waals surface area contributed by atoms with Gasteiger partial charge in [-0.2, -0.15) is 0 Å². The van der Waals surface area contributed by atoms with E-state index in [9.17, 15) is 0 Å². The Morgan fingerprint density at radius 1 is 1.17 bits per heavy atom. The quantitative estimate of drug-likeness (QED) is 0.691. The van der Waals surface area contributed by atoms with Crippen LogP contribution in [0, 0.1) is 0 Å². The smallest absolute Gasteiger partial charge is 0.168 e. The van der Waals surface area contributed by atoms with Crippen molar-refractivity contribution in [3.8, 4) is 5.75 Å². The van der Waals surface area contributed by atoms with Crippen LogP contribution in [-0.2, 0) is 0 Å². The highest BCUT2D eigenvalue weighted by Crippen LogP contribution is 2.48. The molecule has 3 nitrogen and oxygen atoms in total. The van der Waals surface area contributed by atoms with Crippen molar-refractivity contribution in [2.24, 2.45) is 9.98 Å². The summed E-state index contributed by atoms with van der Waals surface area (Å²) >= 11 is 0. The Morgan fingerprint density at radius 2 is 2.06 bits per heavy atom. The number of hydrogen-bond donors (Lipinski definition) is 0. The van der Waals surface area contributed by atoms with Gasteiger partial charge in [0, 0.05) is 10.9 Å².